The number of likely N-dealkylation sites (tertiary alicyclic amines) is 1. The molecule has 1 aliphatic heterocycles. The number of hydrogen-bond donors (Lipinski definition) is 0. The topological polar surface area (TPSA) is 53.0 Å². The van der Waals surface area contributed by atoms with E-state index in [4.69, 9.17) is 0 Å². The van der Waals surface area contributed by atoms with Crippen molar-refractivity contribution in [3.63, 3.8) is 0 Å². The summed E-state index contributed by atoms with van der Waals surface area (Å²) in [6, 6.07) is 0. The molecule has 2 amide bonds. The molecule has 0 aromatic heterocycles. The van der Waals surface area contributed by atoms with E-state index in [1.54, 1.807) is 27.1 Å². The van der Waals surface area contributed by atoms with Gasteiger partial charge < -0.3 is 9.80 Å². The van der Waals surface area contributed by atoms with Crippen LogP contribution in [0.15, 0.2) is 17.1 Å². The predicted molar refractivity (Wildman–Crippen MR) is 188 cm³/mol. The number of nitrogens with zero attached hydrogens (tertiary/aromatic N) is 3. The van der Waals surface area contributed by atoms with E-state index in [9.17, 15) is 9.59 Å². The zero-order valence-electron chi connectivity index (χ0n) is 30.9. The molecule has 0 radical (unpaired) electrons. The highest BCUT2D eigenvalue weighted by Gasteiger charge is 2.31. The van der Waals surface area contributed by atoms with Crippen LogP contribution in [-0.2, 0) is 9.59 Å². The van der Waals surface area contributed by atoms with Gasteiger partial charge in [-0.25, -0.2) is 0 Å². The Bertz CT molecular complexity index is 561. The van der Waals surface area contributed by atoms with E-state index >= 15 is 0 Å². The second-order valence-electron chi connectivity index (χ2n) is 10.6. The summed E-state index contributed by atoms with van der Waals surface area (Å²) in [5.41, 5.74) is 0.534. The number of unbranched alkanes of at least 4 members (excludes halogenated alkanes) is 4. The van der Waals surface area contributed by atoms with Crippen molar-refractivity contribution >= 4 is 18.0 Å². The molecule has 0 spiro atoms. The number of carbonyl (C=O) groups is 2. The summed E-state index contributed by atoms with van der Waals surface area (Å²) in [5.74, 6) is 0.865. The minimum absolute atomic E-state index is 0.122. The number of aliphatic imine (C=N–C) groups is 1. The lowest BCUT2D eigenvalue weighted by Gasteiger charge is -2.40. The maximum absolute atomic E-state index is 11.2. The number of hydrogen-bond acceptors (Lipinski definition) is 3. The Balaban J connectivity index is -0.000000146. The van der Waals surface area contributed by atoms with Crippen molar-refractivity contribution in [1.29, 1.82) is 0 Å². The molecule has 0 N–H and O–H groups in total. The first kappa shape index (κ1) is 49.0. The Hall–Kier alpha value is -1.65. The normalized spacial score (nSPS) is 13.2. The van der Waals surface area contributed by atoms with Gasteiger partial charge in [-0.3, -0.25) is 14.6 Å². The Morgan fingerprint density at radius 1 is 0.829 bits per heavy atom. The zero-order chi connectivity index (χ0) is 33.1. The SMILES string of the molecule is CC.CC.CCC1(CC)CCN(C(C)=O)CC1.CCCCC.CCCCC.CN=C/C=C/CN(CC(C)C)C(C)=O. The van der Waals surface area contributed by atoms with Crippen molar-refractivity contribution in [3.05, 3.63) is 12.2 Å². The third-order valence-corrected chi connectivity index (χ3v) is 6.91. The molecule has 0 unspecified atom stereocenters. The van der Waals surface area contributed by atoms with Crippen LogP contribution in [0.2, 0.25) is 0 Å². The van der Waals surface area contributed by atoms with E-state index < -0.39 is 0 Å². The van der Waals surface area contributed by atoms with Crippen LogP contribution in [0.1, 0.15) is 161 Å². The highest BCUT2D eigenvalue weighted by atomic mass is 16.2. The van der Waals surface area contributed by atoms with Crippen LogP contribution in [0, 0.1) is 11.3 Å². The van der Waals surface area contributed by atoms with Gasteiger partial charge in [0.15, 0.2) is 0 Å². The van der Waals surface area contributed by atoms with Gasteiger partial charge in [-0.2, -0.15) is 0 Å². The van der Waals surface area contributed by atoms with Crippen molar-refractivity contribution in [2.24, 2.45) is 16.3 Å². The Kier molecular flexibility index (Phi) is 45.9. The molecule has 1 rings (SSSR count). The molecule has 1 fully saturated rings. The van der Waals surface area contributed by atoms with Crippen molar-refractivity contribution in [2.45, 2.75) is 161 Å². The van der Waals surface area contributed by atoms with Crippen LogP contribution in [0.25, 0.3) is 0 Å². The molecule has 1 heterocycles. The Labute approximate surface area is 260 Å². The largest absolute Gasteiger partial charge is 0.343 e. The Morgan fingerprint density at radius 2 is 1.24 bits per heavy atom. The van der Waals surface area contributed by atoms with Gasteiger partial charge in [-0.15, -0.1) is 0 Å². The van der Waals surface area contributed by atoms with Gasteiger partial charge in [0.05, 0.1) is 0 Å². The molecule has 1 aliphatic rings. The maximum Gasteiger partial charge on any atom is 0.219 e. The Morgan fingerprint density at radius 3 is 1.49 bits per heavy atom. The first-order chi connectivity index (χ1) is 19.5. The van der Waals surface area contributed by atoms with Gasteiger partial charge in [-0.05, 0) is 30.3 Å². The van der Waals surface area contributed by atoms with E-state index in [1.165, 1.54) is 64.2 Å². The average molecular weight is 584 g/mol. The van der Waals surface area contributed by atoms with Crippen LogP contribution in [0.5, 0.6) is 0 Å². The third-order valence-electron chi connectivity index (χ3n) is 6.91. The standard InChI is InChI=1S/C11H20N2O.C11H21NO.2C5H12.2C2H6/c1-10(2)9-13(11(3)14)8-6-5-7-12-4;1-4-11(5-2)6-8-12(9-7-11)10(3)13;2*1-3-5-4-2;2*1-2/h5-7,10H,8-9H2,1-4H3;4-9H2,1-3H3;2*3-5H2,1-2H3;2*1-2H3/b6-5+,12-7?;;;;;. The highest BCUT2D eigenvalue weighted by molar-refractivity contribution is 5.74. The van der Waals surface area contributed by atoms with Crippen molar-refractivity contribution < 1.29 is 9.59 Å². The van der Waals surface area contributed by atoms with E-state index in [-0.39, 0.29) is 11.8 Å². The highest BCUT2D eigenvalue weighted by Crippen LogP contribution is 2.37. The van der Waals surface area contributed by atoms with Gasteiger partial charge in [0.1, 0.15) is 0 Å². The zero-order valence-corrected chi connectivity index (χ0v) is 30.9. The van der Waals surface area contributed by atoms with Crippen molar-refractivity contribution in [3.8, 4) is 0 Å². The molecule has 248 valence electrons. The minimum atomic E-state index is 0.122. The molecule has 5 heteroatoms. The first-order valence-corrected chi connectivity index (χ1v) is 17.1. The van der Waals surface area contributed by atoms with Crippen molar-refractivity contribution in [2.75, 3.05) is 33.2 Å². The lowest BCUT2D eigenvalue weighted by atomic mass is 9.74. The molecule has 1 saturated heterocycles. The maximum atomic E-state index is 11.2. The van der Waals surface area contributed by atoms with E-state index in [2.05, 4.69) is 60.4 Å². The fraction of sp³-hybridized carbons (Fsp3) is 0.861. The van der Waals surface area contributed by atoms with E-state index in [0.717, 1.165) is 19.6 Å². The van der Waals surface area contributed by atoms with Gasteiger partial charge in [0, 0.05) is 53.3 Å². The third kappa shape index (κ3) is 34.5. The van der Waals surface area contributed by atoms with Crippen LogP contribution in [0.3, 0.4) is 0 Å². The van der Waals surface area contributed by atoms with Crippen molar-refractivity contribution in [1.82, 2.24) is 9.80 Å². The van der Waals surface area contributed by atoms with Crippen LogP contribution < -0.4 is 0 Å². The number of piperidine rings is 1. The average Bonchev–Trinajstić information content (AvgIpc) is 2.98. The lowest BCUT2D eigenvalue weighted by molar-refractivity contribution is -0.131. The molecule has 0 atom stereocenters. The molecule has 0 saturated carbocycles. The molecular formula is C36H77N3O2. The second kappa shape index (κ2) is 38.4. The second-order valence-corrected chi connectivity index (χ2v) is 10.6. The van der Waals surface area contributed by atoms with Crippen LogP contribution in [-0.4, -0.2) is 61.1 Å². The van der Waals surface area contributed by atoms with Gasteiger partial charge >= 0.3 is 0 Å². The molecule has 0 aromatic rings. The number of carbonyl (C=O) groups excluding carboxylic acids is 2. The summed E-state index contributed by atoms with van der Waals surface area (Å²) >= 11 is 0. The predicted octanol–water partition coefficient (Wildman–Crippen LogP) is 10.6. The molecule has 0 aliphatic carbocycles. The van der Waals surface area contributed by atoms with Gasteiger partial charge in [0.25, 0.3) is 0 Å². The lowest BCUT2D eigenvalue weighted by Crippen LogP contribution is -2.41. The fourth-order valence-electron chi connectivity index (χ4n) is 4.07. The summed E-state index contributed by atoms with van der Waals surface area (Å²) in [5, 5.41) is 0. The fourth-order valence-corrected chi connectivity index (χ4v) is 4.07. The summed E-state index contributed by atoms with van der Waals surface area (Å²) < 4.78 is 0. The molecule has 0 aromatic carbocycles. The summed E-state index contributed by atoms with van der Waals surface area (Å²) in [6.45, 7) is 32.3. The van der Waals surface area contributed by atoms with Crippen LogP contribution >= 0.6 is 0 Å². The summed E-state index contributed by atoms with van der Waals surface area (Å²) in [6.07, 6.45) is 18.6. The summed E-state index contributed by atoms with van der Waals surface area (Å²) in [4.78, 5) is 29.9. The summed E-state index contributed by atoms with van der Waals surface area (Å²) in [7, 11) is 1.72. The number of allylic oxidation sites excluding steroid dienone is 1. The smallest absolute Gasteiger partial charge is 0.219 e. The van der Waals surface area contributed by atoms with Crippen LogP contribution in [0.4, 0.5) is 0 Å². The number of amides is 2. The minimum Gasteiger partial charge on any atom is -0.343 e. The van der Waals surface area contributed by atoms with E-state index in [0.29, 0.717) is 17.9 Å². The van der Waals surface area contributed by atoms with E-state index in [1.807, 2.05) is 49.6 Å². The number of rotatable bonds is 11. The quantitative estimate of drug-likeness (QED) is 0.227. The monoisotopic (exact) mass is 584 g/mol. The molecule has 41 heavy (non-hydrogen) atoms. The first-order valence-electron chi connectivity index (χ1n) is 17.1. The van der Waals surface area contributed by atoms with Gasteiger partial charge in [-0.1, -0.05) is 141 Å². The molecular weight excluding hydrogens is 506 g/mol. The molecule has 0 bridgehead atoms. The molecule has 5 nitrogen and oxygen atoms in total. The van der Waals surface area contributed by atoms with Gasteiger partial charge in [0.2, 0.25) is 11.8 Å².